The van der Waals surface area contributed by atoms with Gasteiger partial charge in [-0.2, -0.15) is 4.31 Å². The fourth-order valence-corrected chi connectivity index (χ4v) is 5.91. The number of piperidine rings is 1. The first kappa shape index (κ1) is 23.4. The van der Waals surface area contributed by atoms with Gasteiger partial charge in [-0.05, 0) is 49.1 Å². The highest BCUT2D eigenvalue weighted by molar-refractivity contribution is 7.89. The van der Waals surface area contributed by atoms with Gasteiger partial charge in [0.25, 0.3) is 5.91 Å². The van der Waals surface area contributed by atoms with E-state index in [1.165, 1.54) is 11.6 Å². The second-order valence-electron chi connectivity index (χ2n) is 8.78. The molecule has 1 heterocycles. The van der Waals surface area contributed by atoms with E-state index in [4.69, 9.17) is 0 Å². The Hall–Kier alpha value is -2.22. The zero-order valence-corrected chi connectivity index (χ0v) is 19.4. The van der Waals surface area contributed by atoms with Gasteiger partial charge in [-0.25, -0.2) is 8.42 Å². The standard InChI is InChI=1S/C24H33N3O3S/c1-19-14-20(2)17-27(16-19)31(29,30)23-11-7-10-22(15-23)24(28)25-12-13-26(3)18-21-8-5-4-6-9-21/h4-11,15,19-20H,12-14,16-18H2,1-3H3,(H,25,28). The SMILES string of the molecule is CC1CC(C)CN(S(=O)(=O)c2cccc(C(=O)NCCN(C)Cc3ccccc3)c2)C1. The minimum Gasteiger partial charge on any atom is -0.351 e. The fourth-order valence-electron chi connectivity index (χ4n) is 4.19. The number of benzene rings is 2. The highest BCUT2D eigenvalue weighted by atomic mass is 32.2. The van der Waals surface area contributed by atoms with E-state index in [-0.39, 0.29) is 10.8 Å². The molecule has 0 bridgehead atoms. The van der Waals surface area contributed by atoms with Gasteiger partial charge in [0.2, 0.25) is 10.0 Å². The molecule has 1 saturated heterocycles. The number of carbonyl (C=O) groups is 1. The fraction of sp³-hybridized carbons (Fsp3) is 0.458. The van der Waals surface area contributed by atoms with Crippen molar-refractivity contribution in [1.82, 2.24) is 14.5 Å². The molecule has 0 saturated carbocycles. The second kappa shape index (κ2) is 10.4. The van der Waals surface area contributed by atoms with E-state index in [2.05, 4.69) is 36.2 Å². The van der Waals surface area contributed by atoms with E-state index in [0.717, 1.165) is 13.0 Å². The number of likely N-dealkylation sites (N-methyl/N-ethyl adjacent to an activating group) is 1. The number of hydrogen-bond acceptors (Lipinski definition) is 4. The number of carbonyl (C=O) groups excluding carboxylic acids is 1. The first-order valence-corrected chi connectivity index (χ1v) is 12.3. The topological polar surface area (TPSA) is 69.7 Å². The smallest absolute Gasteiger partial charge is 0.251 e. The van der Waals surface area contributed by atoms with Crippen LogP contribution in [0.5, 0.6) is 0 Å². The number of amides is 1. The maximum absolute atomic E-state index is 13.1. The van der Waals surface area contributed by atoms with Crippen molar-refractivity contribution in [2.24, 2.45) is 11.8 Å². The molecule has 1 aliphatic rings. The summed E-state index contributed by atoms with van der Waals surface area (Å²) in [5, 5.41) is 2.90. The van der Waals surface area contributed by atoms with Gasteiger partial charge in [-0.15, -0.1) is 0 Å². The molecule has 0 aromatic heterocycles. The Morgan fingerprint density at radius 2 is 1.74 bits per heavy atom. The van der Waals surface area contributed by atoms with Crippen LogP contribution in [0.3, 0.4) is 0 Å². The lowest BCUT2D eigenvalue weighted by atomic mass is 9.94. The monoisotopic (exact) mass is 443 g/mol. The summed E-state index contributed by atoms with van der Waals surface area (Å²) in [5.74, 6) is 0.404. The van der Waals surface area contributed by atoms with Crippen LogP contribution >= 0.6 is 0 Å². The molecule has 1 amide bonds. The van der Waals surface area contributed by atoms with Crippen LogP contribution in [0.2, 0.25) is 0 Å². The van der Waals surface area contributed by atoms with E-state index in [9.17, 15) is 13.2 Å². The number of sulfonamides is 1. The van der Waals surface area contributed by atoms with Gasteiger partial charge in [0.1, 0.15) is 0 Å². The molecule has 2 aromatic carbocycles. The maximum Gasteiger partial charge on any atom is 0.251 e. The average Bonchev–Trinajstić information content (AvgIpc) is 2.74. The van der Waals surface area contributed by atoms with Gasteiger partial charge in [-0.1, -0.05) is 50.2 Å². The third-order valence-corrected chi connectivity index (χ3v) is 7.47. The molecule has 3 rings (SSSR count). The van der Waals surface area contributed by atoms with E-state index < -0.39 is 10.0 Å². The van der Waals surface area contributed by atoms with Crippen LogP contribution < -0.4 is 5.32 Å². The third kappa shape index (κ3) is 6.38. The summed E-state index contributed by atoms with van der Waals surface area (Å²) in [6, 6.07) is 16.5. The maximum atomic E-state index is 13.1. The lowest BCUT2D eigenvalue weighted by molar-refractivity contribution is 0.0949. The van der Waals surface area contributed by atoms with Crippen LogP contribution in [0, 0.1) is 11.8 Å². The minimum atomic E-state index is -3.61. The zero-order valence-electron chi connectivity index (χ0n) is 18.6. The predicted octanol–water partition coefficient (Wildman–Crippen LogP) is 3.22. The number of nitrogens with one attached hydrogen (secondary N) is 1. The van der Waals surface area contributed by atoms with E-state index >= 15 is 0 Å². The summed E-state index contributed by atoms with van der Waals surface area (Å²) in [4.78, 5) is 14.9. The molecule has 2 unspecified atom stereocenters. The molecule has 1 aliphatic heterocycles. The Balaban J connectivity index is 1.58. The van der Waals surface area contributed by atoms with Crippen LogP contribution in [0.25, 0.3) is 0 Å². The summed E-state index contributed by atoms with van der Waals surface area (Å²) in [5.41, 5.74) is 1.58. The summed E-state index contributed by atoms with van der Waals surface area (Å²) in [6.07, 6.45) is 1.03. The first-order chi connectivity index (χ1) is 14.8. The van der Waals surface area contributed by atoms with E-state index in [1.54, 1.807) is 22.5 Å². The number of hydrogen-bond donors (Lipinski definition) is 1. The quantitative estimate of drug-likeness (QED) is 0.680. The molecule has 7 heteroatoms. The Labute approximate surface area is 186 Å². The minimum absolute atomic E-state index is 0.183. The van der Waals surface area contributed by atoms with E-state index in [0.29, 0.717) is 43.6 Å². The lowest BCUT2D eigenvalue weighted by Crippen LogP contribution is -2.42. The van der Waals surface area contributed by atoms with Crippen molar-refractivity contribution in [3.63, 3.8) is 0 Å². The van der Waals surface area contributed by atoms with Crippen molar-refractivity contribution in [2.45, 2.75) is 31.7 Å². The van der Waals surface area contributed by atoms with Gasteiger partial charge in [0.05, 0.1) is 4.90 Å². The summed E-state index contributed by atoms with van der Waals surface area (Å²) in [6.45, 7) is 7.20. The van der Waals surface area contributed by atoms with Crippen molar-refractivity contribution in [3.05, 3.63) is 65.7 Å². The molecule has 1 fully saturated rings. The summed E-state index contributed by atoms with van der Waals surface area (Å²) < 4.78 is 27.8. The van der Waals surface area contributed by atoms with Crippen molar-refractivity contribution >= 4 is 15.9 Å². The van der Waals surface area contributed by atoms with E-state index in [1.807, 2.05) is 25.2 Å². The van der Waals surface area contributed by atoms with Crippen molar-refractivity contribution in [3.8, 4) is 0 Å². The predicted molar refractivity (Wildman–Crippen MR) is 123 cm³/mol. The van der Waals surface area contributed by atoms with Gasteiger partial charge in [0.15, 0.2) is 0 Å². The largest absolute Gasteiger partial charge is 0.351 e. The van der Waals surface area contributed by atoms with Gasteiger partial charge >= 0.3 is 0 Å². The van der Waals surface area contributed by atoms with Crippen LogP contribution in [0.1, 0.15) is 36.2 Å². The molecule has 168 valence electrons. The van der Waals surface area contributed by atoms with Gasteiger partial charge < -0.3 is 10.2 Å². The Bertz CT molecular complexity index is 969. The number of rotatable bonds is 8. The van der Waals surface area contributed by atoms with Crippen molar-refractivity contribution in [2.75, 3.05) is 33.2 Å². The highest BCUT2D eigenvalue weighted by Crippen LogP contribution is 2.27. The van der Waals surface area contributed by atoms with Crippen molar-refractivity contribution < 1.29 is 13.2 Å². The number of nitrogens with zero attached hydrogens (tertiary/aromatic N) is 2. The second-order valence-corrected chi connectivity index (χ2v) is 10.7. The highest BCUT2D eigenvalue weighted by Gasteiger charge is 2.31. The molecule has 0 aliphatic carbocycles. The summed E-state index contributed by atoms with van der Waals surface area (Å²) in [7, 11) is -1.60. The van der Waals surface area contributed by atoms with Crippen molar-refractivity contribution in [1.29, 1.82) is 0 Å². The zero-order chi connectivity index (χ0) is 22.4. The summed E-state index contributed by atoms with van der Waals surface area (Å²) >= 11 is 0. The molecule has 2 atom stereocenters. The average molecular weight is 444 g/mol. The van der Waals surface area contributed by atoms with Gasteiger partial charge in [-0.3, -0.25) is 4.79 Å². The molecule has 2 aromatic rings. The molecule has 6 nitrogen and oxygen atoms in total. The first-order valence-electron chi connectivity index (χ1n) is 10.9. The molecular formula is C24H33N3O3S. The molecule has 1 N–H and O–H groups in total. The van der Waals surface area contributed by atoms with Crippen LogP contribution in [0.4, 0.5) is 0 Å². The normalized spacial score (nSPS) is 20.0. The Morgan fingerprint density at radius 3 is 2.42 bits per heavy atom. The molecule has 0 spiro atoms. The third-order valence-electron chi connectivity index (χ3n) is 5.64. The molecular weight excluding hydrogens is 410 g/mol. The Morgan fingerprint density at radius 1 is 1.06 bits per heavy atom. The Kier molecular flexibility index (Phi) is 7.86. The van der Waals surface area contributed by atoms with Crippen LogP contribution in [-0.2, 0) is 16.6 Å². The van der Waals surface area contributed by atoms with Crippen LogP contribution in [-0.4, -0.2) is 56.8 Å². The lowest BCUT2D eigenvalue weighted by Gasteiger charge is -2.34. The molecule has 31 heavy (non-hydrogen) atoms. The molecule has 0 radical (unpaired) electrons. The van der Waals surface area contributed by atoms with Crippen LogP contribution in [0.15, 0.2) is 59.5 Å². The van der Waals surface area contributed by atoms with Gasteiger partial charge in [0, 0.05) is 38.3 Å².